The molecule has 1 amide bonds. The molecule has 2 unspecified atom stereocenters. The van der Waals surface area contributed by atoms with E-state index in [-0.39, 0.29) is 18.0 Å². The minimum atomic E-state index is -0.132. The number of ether oxygens (including phenoxy) is 3. The molecule has 1 aliphatic rings. The standard InChI is InChI=1S/C27H33N3O4S/c1-19(28-27(31)20-11-12-23(33-3)24(18-20)34-4)26(25-10-7-17-35-25)30-15-13-29(14-16-30)21-8-5-6-9-22(21)32-2/h5-12,17-19,26H,13-16H2,1-4H3,(H,28,31). The minimum absolute atomic E-state index is 0.0823. The highest BCUT2D eigenvalue weighted by Gasteiger charge is 2.31. The number of amides is 1. The number of nitrogens with one attached hydrogen (secondary N) is 1. The van der Waals surface area contributed by atoms with Crippen LogP contribution in [-0.2, 0) is 0 Å². The van der Waals surface area contributed by atoms with Gasteiger partial charge in [-0.05, 0) is 48.7 Å². The molecule has 1 fully saturated rings. The van der Waals surface area contributed by atoms with Crippen molar-refractivity contribution in [1.82, 2.24) is 10.2 Å². The SMILES string of the molecule is COc1ccc(C(=O)NC(C)C(c2cccs2)N2CCN(c3ccccc3OC)CC2)cc1OC. The summed E-state index contributed by atoms with van der Waals surface area (Å²) in [5.41, 5.74) is 1.66. The fourth-order valence-corrected chi connectivity index (χ4v) is 5.64. The summed E-state index contributed by atoms with van der Waals surface area (Å²) in [5, 5.41) is 5.32. The van der Waals surface area contributed by atoms with Crippen molar-refractivity contribution in [2.75, 3.05) is 52.4 Å². The highest BCUT2D eigenvalue weighted by atomic mass is 32.1. The number of hydrogen-bond acceptors (Lipinski definition) is 7. The number of nitrogens with zero attached hydrogens (tertiary/aromatic N) is 2. The van der Waals surface area contributed by atoms with Gasteiger partial charge < -0.3 is 24.4 Å². The van der Waals surface area contributed by atoms with Gasteiger partial charge in [-0.2, -0.15) is 0 Å². The van der Waals surface area contributed by atoms with Gasteiger partial charge in [-0.15, -0.1) is 11.3 Å². The zero-order valence-corrected chi connectivity index (χ0v) is 21.5. The molecule has 35 heavy (non-hydrogen) atoms. The van der Waals surface area contributed by atoms with Crippen molar-refractivity contribution in [3.63, 3.8) is 0 Å². The summed E-state index contributed by atoms with van der Waals surface area (Å²) in [5.74, 6) is 1.90. The number of thiophene rings is 1. The summed E-state index contributed by atoms with van der Waals surface area (Å²) in [6.45, 7) is 5.63. The van der Waals surface area contributed by atoms with Gasteiger partial charge in [-0.1, -0.05) is 18.2 Å². The molecule has 4 rings (SSSR count). The second kappa shape index (κ2) is 11.5. The first kappa shape index (κ1) is 24.9. The first-order chi connectivity index (χ1) is 17.0. The molecule has 0 spiro atoms. The Morgan fingerprint density at radius 2 is 1.60 bits per heavy atom. The lowest BCUT2D eigenvalue weighted by atomic mass is 10.0. The molecule has 186 valence electrons. The zero-order chi connectivity index (χ0) is 24.8. The van der Waals surface area contributed by atoms with Crippen LogP contribution in [0.5, 0.6) is 17.2 Å². The van der Waals surface area contributed by atoms with E-state index in [9.17, 15) is 4.79 Å². The van der Waals surface area contributed by atoms with E-state index in [1.165, 1.54) is 4.88 Å². The van der Waals surface area contributed by atoms with Crippen molar-refractivity contribution in [2.24, 2.45) is 0 Å². The van der Waals surface area contributed by atoms with Crippen molar-refractivity contribution in [3.05, 3.63) is 70.4 Å². The van der Waals surface area contributed by atoms with Crippen LogP contribution in [0.25, 0.3) is 0 Å². The molecule has 2 heterocycles. The molecule has 1 N–H and O–H groups in total. The topological polar surface area (TPSA) is 63.3 Å². The van der Waals surface area contributed by atoms with E-state index in [0.29, 0.717) is 17.1 Å². The number of benzene rings is 2. The summed E-state index contributed by atoms with van der Waals surface area (Å²) in [6, 6.07) is 17.6. The number of methoxy groups -OCH3 is 3. The van der Waals surface area contributed by atoms with Crippen molar-refractivity contribution in [3.8, 4) is 17.2 Å². The Kier molecular flexibility index (Phi) is 8.15. The van der Waals surface area contributed by atoms with Crippen LogP contribution < -0.4 is 24.4 Å². The smallest absolute Gasteiger partial charge is 0.251 e. The molecule has 2 atom stereocenters. The number of anilines is 1. The Hall–Kier alpha value is -3.23. The number of carbonyl (C=O) groups is 1. The molecule has 1 saturated heterocycles. The minimum Gasteiger partial charge on any atom is -0.495 e. The van der Waals surface area contributed by atoms with Crippen LogP contribution in [0.3, 0.4) is 0 Å². The number of piperazine rings is 1. The van der Waals surface area contributed by atoms with Crippen molar-refractivity contribution < 1.29 is 19.0 Å². The number of carbonyl (C=O) groups excluding carboxylic acids is 1. The van der Waals surface area contributed by atoms with Crippen LogP contribution in [-0.4, -0.2) is 64.4 Å². The summed E-state index contributed by atoms with van der Waals surface area (Å²) in [6.07, 6.45) is 0. The van der Waals surface area contributed by atoms with E-state index in [2.05, 4.69) is 45.6 Å². The second-order valence-corrected chi connectivity index (χ2v) is 9.47. The van der Waals surface area contributed by atoms with Gasteiger partial charge in [0.15, 0.2) is 11.5 Å². The number of hydrogen-bond donors (Lipinski definition) is 1. The maximum Gasteiger partial charge on any atom is 0.251 e. The Bertz CT molecular complexity index is 1110. The lowest BCUT2D eigenvalue weighted by Gasteiger charge is -2.42. The number of rotatable bonds is 9. The van der Waals surface area contributed by atoms with Crippen LogP contribution in [0.1, 0.15) is 28.2 Å². The summed E-state index contributed by atoms with van der Waals surface area (Å²) >= 11 is 1.73. The van der Waals surface area contributed by atoms with Crippen molar-refractivity contribution in [2.45, 2.75) is 19.0 Å². The fraction of sp³-hybridized carbons (Fsp3) is 0.370. The Morgan fingerprint density at radius 3 is 2.26 bits per heavy atom. The third-order valence-electron chi connectivity index (χ3n) is 6.45. The molecule has 7 nitrogen and oxygen atoms in total. The predicted octanol–water partition coefficient (Wildman–Crippen LogP) is 4.46. The highest BCUT2D eigenvalue weighted by molar-refractivity contribution is 7.10. The normalized spacial score (nSPS) is 15.8. The molecule has 2 aromatic carbocycles. The Morgan fingerprint density at radius 1 is 0.886 bits per heavy atom. The Labute approximate surface area is 211 Å². The highest BCUT2D eigenvalue weighted by Crippen LogP contribution is 2.33. The molecule has 0 radical (unpaired) electrons. The van der Waals surface area contributed by atoms with Crippen LogP contribution in [0, 0.1) is 0 Å². The monoisotopic (exact) mass is 495 g/mol. The average Bonchev–Trinajstić information content (AvgIpc) is 3.43. The molecule has 1 aliphatic heterocycles. The number of para-hydroxylation sites is 2. The van der Waals surface area contributed by atoms with Gasteiger partial charge in [-0.25, -0.2) is 0 Å². The van der Waals surface area contributed by atoms with E-state index >= 15 is 0 Å². The van der Waals surface area contributed by atoms with E-state index in [1.807, 2.05) is 18.2 Å². The van der Waals surface area contributed by atoms with Gasteiger partial charge in [0.1, 0.15) is 5.75 Å². The van der Waals surface area contributed by atoms with Crippen LogP contribution in [0.2, 0.25) is 0 Å². The Balaban J connectivity index is 1.48. The lowest BCUT2D eigenvalue weighted by molar-refractivity contribution is 0.0890. The molecule has 8 heteroatoms. The van der Waals surface area contributed by atoms with Gasteiger partial charge in [-0.3, -0.25) is 9.69 Å². The van der Waals surface area contributed by atoms with Gasteiger partial charge in [0.2, 0.25) is 0 Å². The molecule has 0 bridgehead atoms. The van der Waals surface area contributed by atoms with E-state index in [0.717, 1.165) is 37.6 Å². The van der Waals surface area contributed by atoms with E-state index in [4.69, 9.17) is 14.2 Å². The molecule has 0 saturated carbocycles. The van der Waals surface area contributed by atoms with Gasteiger partial charge >= 0.3 is 0 Å². The molecule has 3 aromatic rings. The van der Waals surface area contributed by atoms with Crippen molar-refractivity contribution >= 4 is 22.9 Å². The van der Waals surface area contributed by atoms with Crippen LogP contribution in [0.15, 0.2) is 60.0 Å². The second-order valence-electron chi connectivity index (χ2n) is 8.49. The fourth-order valence-electron chi connectivity index (χ4n) is 4.68. The van der Waals surface area contributed by atoms with Crippen LogP contribution in [0.4, 0.5) is 5.69 Å². The third-order valence-corrected chi connectivity index (χ3v) is 7.39. The van der Waals surface area contributed by atoms with E-state index < -0.39 is 0 Å². The third kappa shape index (κ3) is 5.55. The summed E-state index contributed by atoms with van der Waals surface area (Å²) in [4.78, 5) is 19.2. The van der Waals surface area contributed by atoms with Crippen molar-refractivity contribution in [1.29, 1.82) is 0 Å². The van der Waals surface area contributed by atoms with Gasteiger partial charge in [0.05, 0.1) is 33.1 Å². The molecule has 0 aliphatic carbocycles. The molecule has 1 aromatic heterocycles. The van der Waals surface area contributed by atoms with Crippen LogP contribution >= 0.6 is 11.3 Å². The maximum atomic E-state index is 13.1. The predicted molar refractivity (Wildman–Crippen MR) is 140 cm³/mol. The largest absolute Gasteiger partial charge is 0.495 e. The maximum absolute atomic E-state index is 13.1. The molecular formula is C27H33N3O4S. The summed E-state index contributed by atoms with van der Waals surface area (Å²) < 4.78 is 16.2. The zero-order valence-electron chi connectivity index (χ0n) is 20.7. The summed E-state index contributed by atoms with van der Waals surface area (Å²) in [7, 11) is 4.86. The quantitative estimate of drug-likeness (QED) is 0.473. The van der Waals surface area contributed by atoms with Gasteiger partial charge in [0.25, 0.3) is 5.91 Å². The van der Waals surface area contributed by atoms with Gasteiger partial charge in [0, 0.05) is 42.7 Å². The first-order valence-electron chi connectivity index (χ1n) is 11.7. The first-order valence-corrected chi connectivity index (χ1v) is 12.6. The average molecular weight is 496 g/mol. The van der Waals surface area contributed by atoms with E-state index in [1.54, 1.807) is 50.9 Å². The lowest BCUT2D eigenvalue weighted by Crippen LogP contribution is -2.52. The molecular weight excluding hydrogens is 462 g/mol.